The minimum atomic E-state index is -1.16. The normalized spacial score (nSPS) is 14.0. The summed E-state index contributed by atoms with van der Waals surface area (Å²) in [4.78, 5) is 55.1. The largest absolute Gasteiger partial charge is 0.668 e. The van der Waals surface area contributed by atoms with E-state index in [0.717, 1.165) is 13.0 Å². The molecule has 0 aliphatic rings. The van der Waals surface area contributed by atoms with Crippen LogP contribution < -0.4 is 16.1 Å². The van der Waals surface area contributed by atoms with Crippen LogP contribution in [0.5, 0.6) is 0 Å². The van der Waals surface area contributed by atoms with E-state index in [1.165, 1.54) is 0 Å². The summed E-state index contributed by atoms with van der Waals surface area (Å²) in [5.41, 5.74) is 12.2. The monoisotopic (exact) mass is 759 g/mol. The van der Waals surface area contributed by atoms with Crippen molar-refractivity contribution in [1.29, 1.82) is 0 Å². The Balaban J connectivity index is -0.00000111. The molecule has 1 radical (unpaired) electrons. The maximum Gasteiger partial charge on any atom is 0.387 e. The minimum Gasteiger partial charge on any atom is -0.668 e. The predicted octanol–water partition coefficient (Wildman–Crippen LogP) is 3.20. The van der Waals surface area contributed by atoms with E-state index >= 15 is 0 Å². The molecular weight excluding hydrogens is 720 g/mol. The van der Waals surface area contributed by atoms with Crippen molar-refractivity contribution in [2.24, 2.45) is 11.7 Å². The van der Waals surface area contributed by atoms with E-state index in [9.17, 15) is 29.1 Å². The molecule has 18 heteroatoms. The zero-order chi connectivity index (χ0) is 30.9. The van der Waals surface area contributed by atoms with E-state index in [1.807, 2.05) is 13.2 Å². The van der Waals surface area contributed by atoms with Crippen LogP contribution in [0.15, 0.2) is 0 Å². The van der Waals surface area contributed by atoms with Crippen LogP contribution in [-0.2, 0) is 61.2 Å². The van der Waals surface area contributed by atoms with E-state index in [1.54, 1.807) is 21.2 Å². The van der Waals surface area contributed by atoms with E-state index in [4.69, 9.17) is 11.5 Å². The molecule has 0 fully saturated rings. The van der Waals surface area contributed by atoms with Gasteiger partial charge in [0.15, 0.2) is 0 Å². The first-order valence-electron chi connectivity index (χ1n) is 12.1. The van der Waals surface area contributed by atoms with Crippen molar-refractivity contribution in [2.45, 2.75) is 64.6 Å². The molecule has 6 N–H and O–H groups in total. The molecule has 1 amide bonds. The smallest absolute Gasteiger partial charge is 0.387 e. The number of nitrogens with one attached hydrogen (secondary N) is 3. The summed E-state index contributed by atoms with van der Waals surface area (Å²) in [5, 5.41) is 15.4. The Morgan fingerprint density at radius 3 is 2.41 bits per heavy atom. The minimum absolute atomic E-state index is 0. The van der Waals surface area contributed by atoms with Crippen LogP contribution in [0.2, 0.25) is 0 Å². The van der Waals surface area contributed by atoms with Crippen molar-refractivity contribution < 1.29 is 66.3 Å². The molecule has 6 unspecified atom stereocenters. The fourth-order valence-electron chi connectivity index (χ4n) is 2.38. The molecule has 0 aliphatic heterocycles. The second-order valence-electron chi connectivity index (χ2n) is 7.86. The number of primary amides is 1. The fraction of sp³-hybridized carbons (Fsp3) is 0.609. The summed E-state index contributed by atoms with van der Waals surface area (Å²) in [6.45, 7) is 6.09. The number of carbonyl (C=O) groups excluding carboxylic acids is 4. The quantitative estimate of drug-likeness (QED) is 0.0659. The van der Waals surface area contributed by atoms with Gasteiger partial charge in [-0.05, 0) is 54.2 Å². The maximum atomic E-state index is 11.9. The number of carbonyl (C=O) groups is 4. The second kappa shape index (κ2) is 30.4. The zero-order valence-corrected chi connectivity index (χ0v) is 32.2. The van der Waals surface area contributed by atoms with Gasteiger partial charge in [0.25, 0.3) is 0 Å². The second-order valence-corrected chi connectivity index (χ2v) is 21.5. The molecule has 0 heterocycles. The molecule has 41 heavy (non-hydrogen) atoms. The SMILES string of the molecule is CCN[C@H]([C-]=O)[C@H](C)CC.[NH-][C@@H](CC(N)=O)C(=O)PP(P)PNC(CCSCCC#CC#CC(=O)OP)C(=O)O.[Y]. The van der Waals surface area contributed by atoms with Gasteiger partial charge in [-0.2, -0.15) is 11.8 Å². The molecule has 0 spiro atoms. The van der Waals surface area contributed by atoms with E-state index in [0.29, 0.717) is 30.3 Å². The molecular formula is C23H39N4O7P5SY-2. The van der Waals surface area contributed by atoms with E-state index in [-0.39, 0.29) is 67.4 Å². The zero-order valence-electron chi connectivity index (χ0n) is 23.3. The van der Waals surface area contributed by atoms with Crippen molar-refractivity contribution in [3.05, 3.63) is 5.73 Å². The molecule has 0 rings (SSSR count). The number of aliphatic carboxylic acids is 1. The van der Waals surface area contributed by atoms with Crippen molar-refractivity contribution in [3.63, 3.8) is 0 Å². The predicted molar refractivity (Wildman–Crippen MR) is 175 cm³/mol. The van der Waals surface area contributed by atoms with Gasteiger partial charge in [0.1, 0.15) is 11.6 Å². The fourth-order valence-corrected chi connectivity index (χ4v) is 10.5. The molecule has 0 bridgehead atoms. The summed E-state index contributed by atoms with van der Waals surface area (Å²) in [7, 11) is 4.25. The average molecular weight is 759 g/mol. The van der Waals surface area contributed by atoms with Crippen molar-refractivity contribution in [3.8, 4) is 23.7 Å². The number of carboxylic acid groups (broad SMARTS) is 1. The Morgan fingerprint density at radius 2 is 1.90 bits per heavy atom. The van der Waals surface area contributed by atoms with Crippen LogP contribution in [-0.4, -0.2) is 70.9 Å². The summed E-state index contributed by atoms with van der Waals surface area (Å²) < 4.78 is 4.27. The number of hydrogen-bond donors (Lipinski definition) is 4. The molecule has 9 atom stereocenters. The first-order chi connectivity index (χ1) is 18.9. The van der Waals surface area contributed by atoms with Gasteiger partial charge in [0.2, 0.25) is 5.91 Å². The number of likely N-dealkylation sites (N-methyl/N-ethyl adjacent to an activating group) is 1. The summed E-state index contributed by atoms with van der Waals surface area (Å²) in [5.74, 6) is 9.24. The molecule has 0 aromatic carbocycles. The van der Waals surface area contributed by atoms with Gasteiger partial charge in [-0.25, -0.2) is 11.1 Å². The number of hydrogen-bond acceptors (Lipinski definition) is 9. The topological polar surface area (TPSA) is 189 Å². The average Bonchev–Trinajstić information content (AvgIpc) is 2.91. The van der Waals surface area contributed by atoms with Gasteiger partial charge in [-0.1, -0.05) is 51.1 Å². The number of nitrogens with two attached hydrogens (primary N) is 1. The molecule has 0 saturated carbocycles. The third kappa shape index (κ3) is 27.6. The van der Waals surface area contributed by atoms with E-state index < -0.39 is 36.9 Å². The summed E-state index contributed by atoms with van der Waals surface area (Å²) in [6, 6.07) is -1.96. The van der Waals surface area contributed by atoms with Crippen molar-refractivity contribution in [1.82, 2.24) is 10.4 Å². The Kier molecular flexibility index (Phi) is 33.9. The standard InChI is InChI=1S/C15H23N3O6P5S.C8H16NO.Y/c16-10(9-12(17)19)15(23)27-29(26)28-18-11(14(21)22)6-8-30-7-4-2-1-3-5-13(20)24-25;1-4-7(3)8(6-10)9-5-2;/h10-11,16,18,27-28H,4,6-9,25-26H2,(H2,17,19)(H,21,22);7-9H,4-5H2,1-3H3;/q2*-1;/t10-,11?,29?;7-,8-;/m01./s1. The van der Waals surface area contributed by atoms with Crippen LogP contribution in [0.25, 0.3) is 5.73 Å². The van der Waals surface area contributed by atoms with Gasteiger partial charge >= 0.3 is 11.9 Å². The van der Waals surface area contributed by atoms with Gasteiger partial charge in [0.05, 0.1) is 9.47 Å². The van der Waals surface area contributed by atoms with Crippen LogP contribution in [0.4, 0.5) is 0 Å². The molecule has 0 saturated heterocycles. The van der Waals surface area contributed by atoms with Crippen molar-refractivity contribution in [2.75, 3.05) is 18.1 Å². The Bertz CT molecular complexity index is 934. The van der Waals surface area contributed by atoms with Crippen LogP contribution >= 0.6 is 53.8 Å². The van der Waals surface area contributed by atoms with Crippen LogP contribution in [0.1, 0.15) is 46.5 Å². The van der Waals surface area contributed by atoms with Gasteiger partial charge in [0, 0.05) is 57.2 Å². The van der Waals surface area contributed by atoms with E-state index in [2.05, 4.69) is 61.4 Å². The molecule has 0 aromatic rings. The van der Waals surface area contributed by atoms with Crippen molar-refractivity contribution >= 4 is 83.5 Å². The molecule has 0 aromatic heterocycles. The third-order valence-corrected chi connectivity index (χ3v) is 14.3. The van der Waals surface area contributed by atoms with Gasteiger partial charge < -0.3 is 31.2 Å². The van der Waals surface area contributed by atoms with Crippen LogP contribution in [0.3, 0.4) is 0 Å². The summed E-state index contributed by atoms with van der Waals surface area (Å²) in [6.07, 6.45) is 3.68. The Hall–Kier alpha value is 0.354. The first kappa shape index (κ1) is 45.8. The number of amides is 1. The third-order valence-electron chi connectivity index (χ3n) is 4.72. The first-order valence-corrected chi connectivity index (χ1v) is 20.4. The molecule has 229 valence electrons. The van der Waals surface area contributed by atoms with Gasteiger partial charge in [-0.3, -0.25) is 19.5 Å². The molecule has 0 aliphatic carbocycles. The van der Waals surface area contributed by atoms with Crippen LogP contribution in [0, 0.1) is 29.6 Å². The Morgan fingerprint density at radius 1 is 1.24 bits per heavy atom. The van der Waals surface area contributed by atoms with Gasteiger partial charge in [-0.15, -0.1) is 8.93 Å². The maximum absolute atomic E-state index is 11.9. The number of rotatable bonds is 19. The number of thioether (sulfide) groups is 1. The Labute approximate surface area is 282 Å². The summed E-state index contributed by atoms with van der Waals surface area (Å²) >= 11 is 1.56. The molecule has 11 nitrogen and oxygen atoms in total. The number of carboxylic acids is 1.